The Morgan fingerprint density at radius 3 is 1.64 bits per heavy atom. The Balaban J connectivity index is 2.23. The fourth-order valence-electron chi connectivity index (χ4n) is 2.14. The maximum Gasteiger partial charge on any atom is 0.264 e. The van der Waals surface area contributed by atoms with Crippen LogP contribution in [0.2, 0.25) is 0 Å². The van der Waals surface area contributed by atoms with Gasteiger partial charge in [-0.3, -0.25) is 4.18 Å². The van der Waals surface area contributed by atoms with Gasteiger partial charge in [-0.15, -0.1) is 0 Å². The van der Waals surface area contributed by atoms with Gasteiger partial charge < -0.3 is 4.90 Å². The van der Waals surface area contributed by atoms with Gasteiger partial charge in [0.25, 0.3) is 10.1 Å². The second-order valence-electron chi connectivity index (χ2n) is 5.35. The molecule has 0 amide bonds. The molecule has 0 spiro atoms. The zero-order valence-electron chi connectivity index (χ0n) is 13.1. The summed E-state index contributed by atoms with van der Waals surface area (Å²) in [6, 6.07) is 16.2. The lowest BCUT2D eigenvalue weighted by atomic mass is 10.1. The summed E-state index contributed by atoms with van der Waals surface area (Å²) >= 11 is 0. The van der Waals surface area contributed by atoms with Crippen LogP contribution in [0.4, 0.5) is 11.4 Å². The van der Waals surface area contributed by atoms with Crippen LogP contribution in [0.3, 0.4) is 0 Å². The highest BCUT2D eigenvalue weighted by molar-refractivity contribution is 7.85. The van der Waals surface area contributed by atoms with E-state index in [0.29, 0.717) is 6.54 Å². The van der Waals surface area contributed by atoms with Gasteiger partial charge in [0.2, 0.25) is 0 Å². The maximum absolute atomic E-state index is 11.1. The molecule has 2 rings (SSSR count). The van der Waals surface area contributed by atoms with Crippen LogP contribution in [0.1, 0.15) is 11.1 Å². The number of hydrogen-bond acceptors (Lipinski definition) is 4. The van der Waals surface area contributed by atoms with Gasteiger partial charge in [0.05, 0.1) is 12.9 Å². The molecule has 0 atom stereocenters. The minimum Gasteiger partial charge on any atom is -0.339 e. The van der Waals surface area contributed by atoms with E-state index in [9.17, 15) is 8.42 Å². The summed E-state index contributed by atoms with van der Waals surface area (Å²) in [4.78, 5) is 2.05. The first-order chi connectivity index (χ1) is 10.3. The molecule has 0 aromatic heterocycles. The number of benzene rings is 2. The topological polar surface area (TPSA) is 46.6 Å². The molecule has 0 radical (unpaired) electrons. The summed E-state index contributed by atoms with van der Waals surface area (Å²) in [5, 5.41) is 0. The molecule has 0 bridgehead atoms. The second kappa shape index (κ2) is 6.94. The molecular weight excluding hydrogens is 298 g/mol. The quantitative estimate of drug-likeness (QED) is 0.766. The molecule has 0 aliphatic rings. The molecule has 0 saturated carbocycles. The molecule has 0 N–H and O–H groups in total. The number of nitrogens with zero attached hydrogens (tertiary/aromatic N) is 1. The smallest absolute Gasteiger partial charge is 0.264 e. The largest absolute Gasteiger partial charge is 0.339 e. The highest BCUT2D eigenvalue weighted by Gasteiger charge is 2.11. The molecule has 118 valence electrons. The molecule has 0 saturated heterocycles. The Hall–Kier alpha value is -1.85. The number of anilines is 2. The van der Waals surface area contributed by atoms with Crippen LogP contribution in [-0.2, 0) is 14.3 Å². The third kappa shape index (κ3) is 4.86. The van der Waals surface area contributed by atoms with Crippen LogP contribution in [0.25, 0.3) is 0 Å². The zero-order valence-corrected chi connectivity index (χ0v) is 13.9. The van der Waals surface area contributed by atoms with Crippen molar-refractivity contribution in [2.24, 2.45) is 0 Å². The SMILES string of the molecule is Cc1ccc(N(CCOS(C)(=O)=O)c2ccc(C)cc2)cc1. The lowest BCUT2D eigenvalue weighted by molar-refractivity contribution is 0.331. The van der Waals surface area contributed by atoms with Crippen LogP contribution in [0, 0.1) is 13.8 Å². The van der Waals surface area contributed by atoms with Crippen molar-refractivity contribution in [3.63, 3.8) is 0 Å². The summed E-state index contributed by atoms with van der Waals surface area (Å²) < 4.78 is 27.1. The third-order valence-corrected chi connectivity index (χ3v) is 3.90. The van der Waals surface area contributed by atoms with Gasteiger partial charge in [-0.05, 0) is 38.1 Å². The van der Waals surface area contributed by atoms with Crippen molar-refractivity contribution in [3.8, 4) is 0 Å². The van der Waals surface area contributed by atoms with E-state index in [-0.39, 0.29) is 6.61 Å². The minimum absolute atomic E-state index is 0.112. The fraction of sp³-hybridized carbons (Fsp3) is 0.294. The summed E-state index contributed by atoms with van der Waals surface area (Å²) in [6.07, 6.45) is 1.06. The van der Waals surface area contributed by atoms with Crippen LogP contribution in [0.15, 0.2) is 48.5 Å². The Morgan fingerprint density at radius 2 is 1.27 bits per heavy atom. The van der Waals surface area contributed by atoms with Crippen LogP contribution in [0.5, 0.6) is 0 Å². The standard InChI is InChI=1S/C17H21NO3S/c1-14-4-8-16(9-5-14)18(12-13-21-22(3,19)20)17-10-6-15(2)7-11-17/h4-11H,12-13H2,1-3H3. The van der Waals surface area contributed by atoms with E-state index in [1.54, 1.807) is 0 Å². The van der Waals surface area contributed by atoms with Gasteiger partial charge >= 0.3 is 0 Å². The number of hydrogen-bond donors (Lipinski definition) is 0. The number of rotatable bonds is 6. The lowest BCUT2D eigenvalue weighted by Gasteiger charge is -2.25. The van der Waals surface area contributed by atoms with Gasteiger partial charge in [0.15, 0.2) is 0 Å². The molecule has 0 aliphatic carbocycles. The van der Waals surface area contributed by atoms with Gasteiger partial charge in [-0.1, -0.05) is 35.4 Å². The summed E-state index contributed by atoms with van der Waals surface area (Å²) in [5.41, 5.74) is 4.37. The normalized spacial score (nSPS) is 11.4. The monoisotopic (exact) mass is 319 g/mol. The Bertz CT molecular complexity index is 661. The van der Waals surface area contributed by atoms with Gasteiger partial charge in [-0.25, -0.2) is 0 Å². The molecule has 4 nitrogen and oxygen atoms in total. The highest BCUT2D eigenvalue weighted by atomic mass is 32.2. The van der Waals surface area contributed by atoms with E-state index < -0.39 is 10.1 Å². The van der Waals surface area contributed by atoms with Crippen molar-refractivity contribution in [3.05, 3.63) is 59.7 Å². The average Bonchev–Trinajstić information content (AvgIpc) is 2.45. The first kappa shape index (κ1) is 16.5. The van der Waals surface area contributed by atoms with Crippen molar-refractivity contribution in [2.75, 3.05) is 24.3 Å². The van der Waals surface area contributed by atoms with Gasteiger partial charge in [-0.2, -0.15) is 8.42 Å². The average molecular weight is 319 g/mol. The molecule has 0 fully saturated rings. The van der Waals surface area contributed by atoms with Crippen molar-refractivity contribution in [1.29, 1.82) is 0 Å². The summed E-state index contributed by atoms with van der Waals surface area (Å²) in [7, 11) is -3.42. The molecule has 2 aromatic rings. The zero-order chi connectivity index (χ0) is 16.2. The molecule has 0 unspecified atom stereocenters. The Kier molecular flexibility index (Phi) is 5.21. The first-order valence-electron chi connectivity index (χ1n) is 7.10. The summed E-state index contributed by atoms with van der Waals surface area (Å²) in [6.45, 7) is 4.64. The van der Waals surface area contributed by atoms with E-state index in [4.69, 9.17) is 4.18 Å². The minimum atomic E-state index is -3.42. The van der Waals surface area contributed by atoms with E-state index in [2.05, 4.69) is 0 Å². The predicted molar refractivity (Wildman–Crippen MR) is 90.2 cm³/mol. The Morgan fingerprint density at radius 1 is 0.864 bits per heavy atom. The number of aryl methyl sites for hydroxylation is 2. The highest BCUT2D eigenvalue weighted by Crippen LogP contribution is 2.25. The van der Waals surface area contributed by atoms with Crippen LogP contribution in [-0.4, -0.2) is 27.8 Å². The first-order valence-corrected chi connectivity index (χ1v) is 8.92. The van der Waals surface area contributed by atoms with Crippen molar-refractivity contribution in [1.82, 2.24) is 0 Å². The molecule has 5 heteroatoms. The van der Waals surface area contributed by atoms with Crippen molar-refractivity contribution in [2.45, 2.75) is 13.8 Å². The molecule has 2 aromatic carbocycles. The predicted octanol–water partition coefficient (Wildman–Crippen LogP) is 3.42. The molecular formula is C17H21NO3S. The summed E-state index contributed by atoms with van der Waals surface area (Å²) in [5.74, 6) is 0. The lowest BCUT2D eigenvalue weighted by Crippen LogP contribution is -2.23. The van der Waals surface area contributed by atoms with Gasteiger partial charge in [0.1, 0.15) is 0 Å². The van der Waals surface area contributed by atoms with Crippen LogP contribution < -0.4 is 4.90 Å². The second-order valence-corrected chi connectivity index (χ2v) is 6.99. The van der Waals surface area contributed by atoms with E-state index in [1.165, 1.54) is 11.1 Å². The van der Waals surface area contributed by atoms with Crippen LogP contribution >= 0.6 is 0 Å². The van der Waals surface area contributed by atoms with E-state index in [0.717, 1.165) is 17.6 Å². The van der Waals surface area contributed by atoms with Gasteiger partial charge in [0, 0.05) is 17.9 Å². The van der Waals surface area contributed by atoms with Crippen molar-refractivity contribution < 1.29 is 12.6 Å². The maximum atomic E-state index is 11.1. The van der Waals surface area contributed by atoms with Crippen molar-refractivity contribution >= 4 is 21.5 Å². The van der Waals surface area contributed by atoms with E-state index in [1.807, 2.05) is 67.3 Å². The molecule has 0 heterocycles. The van der Waals surface area contributed by atoms with E-state index >= 15 is 0 Å². The molecule has 0 aliphatic heterocycles. The molecule has 22 heavy (non-hydrogen) atoms. The third-order valence-electron chi connectivity index (χ3n) is 3.30. The fourth-order valence-corrected chi connectivity index (χ4v) is 2.51. The Labute approximate surface area is 132 Å².